The van der Waals surface area contributed by atoms with Gasteiger partial charge in [0.1, 0.15) is 0 Å². The predicted molar refractivity (Wildman–Crippen MR) is 108 cm³/mol. The number of hydrogen-bond acceptors (Lipinski definition) is 4. The van der Waals surface area contributed by atoms with Crippen LogP contribution >= 0.6 is 11.8 Å². The van der Waals surface area contributed by atoms with Crippen LogP contribution in [0.3, 0.4) is 0 Å². The van der Waals surface area contributed by atoms with Crippen molar-refractivity contribution in [3.63, 3.8) is 0 Å². The van der Waals surface area contributed by atoms with Gasteiger partial charge in [0.15, 0.2) is 0 Å². The Balaban J connectivity index is 1.90. The minimum Gasteiger partial charge on any atom is -0.351 e. The molecule has 1 aliphatic carbocycles. The minimum absolute atomic E-state index is 0.0514. The smallest absolute Gasteiger partial charge is 0.237 e. The molecule has 5 heteroatoms. The quantitative estimate of drug-likeness (QED) is 0.708. The van der Waals surface area contributed by atoms with Crippen LogP contribution in [0.15, 0.2) is 24.3 Å². The van der Waals surface area contributed by atoms with E-state index in [1.165, 1.54) is 43.2 Å². The number of thioether (sulfide) groups is 1. The zero-order chi connectivity index (χ0) is 18.1. The topological polar surface area (TPSA) is 58.4 Å². The number of benzene rings is 1. The van der Waals surface area contributed by atoms with Gasteiger partial charge in [0.25, 0.3) is 0 Å². The average Bonchev–Trinajstić information content (AvgIpc) is 2.65. The van der Waals surface area contributed by atoms with E-state index < -0.39 is 6.04 Å². The summed E-state index contributed by atoms with van der Waals surface area (Å²) in [5.74, 6) is 0.863. The number of rotatable bonds is 9. The molecule has 4 nitrogen and oxygen atoms in total. The van der Waals surface area contributed by atoms with E-state index in [0.717, 1.165) is 18.7 Å². The summed E-state index contributed by atoms with van der Waals surface area (Å²) < 4.78 is 0. The van der Waals surface area contributed by atoms with E-state index in [2.05, 4.69) is 35.5 Å². The maximum absolute atomic E-state index is 12.1. The van der Waals surface area contributed by atoms with Crippen LogP contribution in [0.4, 0.5) is 0 Å². The van der Waals surface area contributed by atoms with Crippen molar-refractivity contribution in [1.82, 2.24) is 10.2 Å². The van der Waals surface area contributed by atoms with Crippen molar-refractivity contribution in [3.8, 4) is 0 Å². The van der Waals surface area contributed by atoms with Gasteiger partial charge in [0.2, 0.25) is 5.91 Å². The molecule has 0 heterocycles. The van der Waals surface area contributed by atoms with Crippen LogP contribution in [-0.2, 0) is 17.9 Å². The number of hydrogen-bond donors (Lipinski definition) is 2. The molecule has 0 aliphatic heterocycles. The van der Waals surface area contributed by atoms with Crippen molar-refractivity contribution < 1.29 is 4.79 Å². The van der Waals surface area contributed by atoms with Gasteiger partial charge < -0.3 is 11.1 Å². The summed E-state index contributed by atoms with van der Waals surface area (Å²) in [7, 11) is 2.23. The molecule has 0 aromatic heterocycles. The number of carbonyl (C=O) groups is 1. The number of nitrogens with one attached hydrogen (secondary N) is 1. The summed E-state index contributed by atoms with van der Waals surface area (Å²) in [5, 5.41) is 3.01. The Kier molecular flexibility index (Phi) is 8.79. The Bertz CT molecular complexity index is 531. The van der Waals surface area contributed by atoms with Gasteiger partial charge in [-0.1, -0.05) is 43.5 Å². The molecular formula is C20H33N3OS. The standard InChI is InChI=1S/C20H33N3OS/c1-23(18-10-4-3-5-11-18)15-17-9-7-6-8-16(17)14-22-20(24)19(21)12-13-25-2/h6-9,18-19H,3-5,10-15,21H2,1-2H3,(H,22,24)/t19-/m0/s1. The monoisotopic (exact) mass is 363 g/mol. The third-order valence-electron chi connectivity index (χ3n) is 5.16. The zero-order valence-electron chi connectivity index (χ0n) is 15.7. The Labute approximate surface area is 156 Å². The lowest BCUT2D eigenvalue weighted by atomic mass is 9.94. The van der Waals surface area contributed by atoms with E-state index >= 15 is 0 Å². The number of amides is 1. The molecule has 1 saturated carbocycles. The van der Waals surface area contributed by atoms with Crippen LogP contribution in [0, 0.1) is 0 Å². The van der Waals surface area contributed by atoms with Crippen molar-refractivity contribution in [2.45, 2.75) is 63.7 Å². The highest BCUT2D eigenvalue weighted by Crippen LogP contribution is 2.23. The fraction of sp³-hybridized carbons (Fsp3) is 0.650. The summed E-state index contributed by atoms with van der Waals surface area (Å²) in [4.78, 5) is 14.6. The highest BCUT2D eigenvalue weighted by Gasteiger charge is 2.19. The molecule has 1 aromatic rings. The Morgan fingerprint density at radius 3 is 2.64 bits per heavy atom. The van der Waals surface area contributed by atoms with Crippen LogP contribution in [0.1, 0.15) is 49.7 Å². The first-order chi connectivity index (χ1) is 12.1. The van der Waals surface area contributed by atoms with Crippen LogP contribution in [0.2, 0.25) is 0 Å². The lowest BCUT2D eigenvalue weighted by molar-refractivity contribution is -0.122. The fourth-order valence-electron chi connectivity index (χ4n) is 3.49. The Morgan fingerprint density at radius 1 is 1.28 bits per heavy atom. The van der Waals surface area contributed by atoms with E-state index in [1.54, 1.807) is 11.8 Å². The first-order valence-corrected chi connectivity index (χ1v) is 10.8. The lowest BCUT2D eigenvalue weighted by Gasteiger charge is -2.31. The third-order valence-corrected chi connectivity index (χ3v) is 5.80. The molecule has 1 fully saturated rings. The summed E-state index contributed by atoms with van der Waals surface area (Å²) >= 11 is 1.72. The molecule has 25 heavy (non-hydrogen) atoms. The third kappa shape index (κ3) is 6.65. The van der Waals surface area contributed by atoms with Gasteiger partial charge in [0.05, 0.1) is 6.04 Å². The lowest BCUT2D eigenvalue weighted by Crippen LogP contribution is -2.40. The van der Waals surface area contributed by atoms with Crippen LogP contribution < -0.4 is 11.1 Å². The largest absolute Gasteiger partial charge is 0.351 e. The molecule has 0 spiro atoms. The van der Waals surface area contributed by atoms with Crippen molar-refractivity contribution in [1.29, 1.82) is 0 Å². The highest BCUT2D eigenvalue weighted by atomic mass is 32.2. The Morgan fingerprint density at radius 2 is 1.96 bits per heavy atom. The van der Waals surface area contributed by atoms with Gasteiger partial charge in [-0.05, 0) is 49.4 Å². The molecule has 0 saturated heterocycles. The van der Waals surface area contributed by atoms with Crippen molar-refractivity contribution in [2.75, 3.05) is 19.1 Å². The zero-order valence-corrected chi connectivity index (χ0v) is 16.5. The number of nitrogens with two attached hydrogens (primary N) is 1. The summed E-state index contributed by atoms with van der Waals surface area (Å²) in [6, 6.07) is 8.69. The molecule has 0 unspecified atom stereocenters. The van der Waals surface area contributed by atoms with Gasteiger partial charge in [-0.2, -0.15) is 11.8 Å². The van der Waals surface area contributed by atoms with Gasteiger partial charge in [-0.25, -0.2) is 0 Å². The minimum atomic E-state index is -0.412. The molecule has 0 bridgehead atoms. The highest BCUT2D eigenvalue weighted by molar-refractivity contribution is 7.98. The van der Waals surface area contributed by atoms with Gasteiger partial charge >= 0.3 is 0 Å². The molecular weight excluding hydrogens is 330 g/mol. The Hall–Kier alpha value is -1.04. The van der Waals surface area contributed by atoms with E-state index in [9.17, 15) is 4.79 Å². The van der Waals surface area contributed by atoms with Gasteiger partial charge in [-0.3, -0.25) is 9.69 Å². The maximum atomic E-state index is 12.1. The normalized spacial score (nSPS) is 16.8. The fourth-order valence-corrected chi connectivity index (χ4v) is 3.98. The number of carbonyl (C=O) groups excluding carboxylic acids is 1. The molecule has 1 aromatic carbocycles. The second-order valence-electron chi connectivity index (χ2n) is 7.08. The van der Waals surface area contributed by atoms with Crippen molar-refractivity contribution in [3.05, 3.63) is 35.4 Å². The average molecular weight is 364 g/mol. The summed E-state index contributed by atoms with van der Waals surface area (Å²) in [6.07, 6.45) is 9.44. The van der Waals surface area contributed by atoms with E-state index in [1.807, 2.05) is 12.3 Å². The van der Waals surface area contributed by atoms with Gasteiger partial charge in [-0.15, -0.1) is 0 Å². The predicted octanol–water partition coefficient (Wildman–Crippen LogP) is 3.15. The molecule has 1 atom stereocenters. The molecule has 1 amide bonds. The summed E-state index contributed by atoms with van der Waals surface area (Å²) in [6.45, 7) is 1.50. The second-order valence-corrected chi connectivity index (χ2v) is 8.07. The van der Waals surface area contributed by atoms with E-state index in [-0.39, 0.29) is 5.91 Å². The van der Waals surface area contributed by atoms with E-state index in [4.69, 9.17) is 5.73 Å². The van der Waals surface area contributed by atoms with Crippen LogP contribution in [0.25, 0.3) is 0 Å². The molecule has 1 aliphatic rings. The van der Waals surface area contributed by atoms with Crippen molar-refractivity contribution in [2.24, 2.45) is 5.73 Å². The second kappa shape index (κ2) is 10.8. The molecule has 3 N–H and O–H groups in total. The molecule has 140 valence electrons. The van der Waals surface area contributed by atoms with Crippen LogP contribution in [-0.4, -0.2) is 41.9 Å². The first kappa shape index (κ1) is 20.3. The van der Waals surface area contributed by atoms with Gasteiger partial charge in [0, 0.05) is 19.1 Å². The molecule has 2 rings (SSSR count). The van der Waals surface area contributed by atoms with Crippen molar-refractivity contribution >= 4 is 17.7 Å². The van der Waals surface area contributed by atoms with E-state index in [0.29, 0.717) is 12.6 Å². The maximum Gasteiger partial charge on any atom is 0.237 e. The van der Waals surface area contributed by atoms with Crippen LogP contribution in [0.5, 0.6) is 0 Å². The number of nitrogens with zero attached hydrogens (tertiary/aromatic N) is 1. The molecule has 0 radical (unpaired) electrons. The summed E-state index contributed by atoms with van der Waals surface area (Å²) in [5.41, 5.74) is 8.44. The SMILES string of the molecule is CSCC[C@H](N)C(=O)NCc1ccccc1CN(C)C1CCCCC1. The first-order valence-electron chi connectivity index (χ1n) is 9.41.